The summed E-state index contributed by atoms with van der Waals surface area (Å²) in [5.41, 5.74) is 0.367. The summed E-state index contributed by atoms with van der Waals surface area (Å²) in [6.07, 6.45) is 2.94. The first-order valence-corrected chi connectivity index (χ1v) is 10.3. The van der Waals surface area contributed by atoms with E-state index in [0.29, 0.717) is 41.7 Å². The molecule has 0 N–H and O–H groups in total. The fourth-order valence-corrected chi connectivity index (χ4v) is 4.77. The lowest BCUT2D eigenvalue weighted by Crippen LogP contribution is -2.24. The second-order valence-electron chi connectivity index (χ2n) is 8.41. The molecule has 4 heterocycles. The van der Waals surface area contributed by atoms with Gasteiger partial charge in [0.2, 0.25) is 5.89 Å². The number of halogens is 2. The van der Waals surface area contributed by atoms with Gasteiger partial charge in [-0.15, -0.1) is 0 Å². The van der Waals surface area contributed by atoms with Crippen molar-refractivity contribution in [1.29, 1.82) is 5.26 Å². The fraction of sp³-hybridized carbons (Fsp3) is 0.333. The molecule has 3 aromatic heterocycles. The van der Waals surface area contributed by atoms with Gasteiger partial charge in [0, 0.05) is 31.7 Å². The van der Waals surface area contributed by atoms with E-state index in [9.17, 15) is 13.6 Å². The van der Waals surface area contributed by atoms with Gasteiger partial charge in [-0.2, -0.15) is 10.2 Å². The molecule has 166 valence electrons. The van der Waals surface area contributed by atoms with Crippen LogP contribution in [0.1, 0.15) is 23.2 Å². The highest BCUT2D eigenvalue weighted by Crippen LogP contribution is 2.58. The van der Waals surface area contributed by atoms with Gasteiger partial charge in [-0.05, 0) is 24.0 Å². The molecule has 1 saturated heterocycles. The van der Waals surface area contributed by atoms with Gasteiger partial charge in [0.1, 0.15) is 36.1 Å². The number of piperidine rings is 1. The molecule has 2 atom stereocenters. The molecule has 0 radical (unpaired) electrons. The molecule has 12 heteroatoms. The molecule has 1 saturated carbocycles. The third kappa shape index (κ3) is 3.00. The van der Waals surface area contributed by atoms with Crippen LogP contribution in [-0.4, -0.2) is 42.3 Å². The third-order valence-corrected chi connectivity index (χ3v) is 6.49. The number of benzene rings is 1. The van der Waals surface area contributed by atoms with Crippen molar-refractivity contribution in [3.05, 3.63) is 64.1 Å². The van der Waals surface area contributed by atoms with Gasteiger partial charge in [-0.1, -0.05) is 5.16 Å². The maximum Gasteiger partial charge on any atom is 0.280 e. The van der Waals surface area contributed by atoms with Crippen molar-refractivity contribution < 1.29 is 13.3 Å². The van der Waals surface area contributed by atoms with Gasteiger partial charge in [0.25, 0.3) is 5.56 Å². The van der Waals surface area contributed by atoms with E-state index in [1.54, 1.807) is 11.6 Å². The van der Waals surface area contributed by atoms with Gasteiger partial charge in [-0.25, -0.2) is 18.7 Å². The largest absolute Gasteiger partial charge is 0.371 e. The Morgan fingerprint density at radius 2 is 1.88 bits per heavy atom. The minimum Gasteiger partial charge on any atom is -0.371 e. The molecule has 2 fully saturated rings. The molecule has 0 amide bonds. The highest BCUT2D eigenvalue weighted by Gasteiger charge is 2.58. The van der Waals surface area contributed by atoms with Crippen molar-refractivity contribution >= 4 is 16.9 Å². The Labute approximate surface area is 184 Å². The summed E-state index contributed by atoms with van der Waals surface area (Å²) in [6.45, 7) is 1.30. The Kier molecular flexibility index (Phi) is 4.10. The molecule has 10 nitrogen and oxygen atoms in total. The van der Waals surface area contributed by atoms with Crippen LogP contribution in [0.5, 0.6) is 0 Å². The Hall–Kier alpha value is -4.14. The Balaban J connectivity index is 1.16. The number of nitrogens with zero attached hydrogens (tertiary/aromatic N) is 8. The normalized spacial score (nSPS) is 21.4. The molecule has 1 aliphatic carbocycles. The van der Waals surface area contributed by atoms with Crippen LogP contribution in [-0.2, 0) is 13.6 Å². The topological polar surface area (TPSA) is 119 Å². The van der Waals surface area contributed by atoms with Crippen LogP contribution in [0.4, 0.5) is 14.5 Å². The molecule has 6 rings (SSSR count). The van der Waals surface area contributed by atoms with Gasteiger partial charge < -0.3 is 14.0 Å². The van der Waals surface area contributed by atoms with E-state index >= 15 is 0 Å². The monoisotopic (exact) mass is 450 g/mol. The van der Waals surface area contributed by atoms with Crippen LogP contribution in [0.25, 0.3) is 11.2 Å². The molecule has 1 aromatic carbocycles. The first-order valence-electron chi connectivity index (χ1n) is 10.3. The summed E-state index contributed by atoms with van der Waals surface area (Å²) in [7, 11) is 1.73. The number of hydrogen-bond donors (Lipinski definition) is 0. The summed E-state index contributed by atoms with van der Waals surface area (Å²) in [5, 5.41) is 12.9. The molecule has 2 aliphatic rings. The van der Waals surface area contributed by atoms with Crippen molar-refractivity contribution in [2.75, 3.05) is 18.0 Å². The average Bonchev–Trinajstić information content (AvgIpc) is 3.20. The maximum absolute atomic E-state index is 14.0. The number of imidazole rings is 1. The predicted octanol–water partition coefficient (Wildman–Crippen LogP) is 1.56. The quantitative estimate of drug-likeness (QED) is 0.460. The van der Waals surface area contributed by atoms with E-state index in [2.05, 4.69) is 20.1 Å². The van der Waals surface area contributed by atoms with E-state index in [1.807, 2.05) is 4.90 Å². The summed E-state index contributed by atoms with van der Waals surface area (Å²) >= 11 is 0. The van der Waals surface area contributed by atoms with E-state index < -0.39 is 17.2 Å². The van der Waals surface area contributed by atoms with Crippen molar-refractivity contribution in [2.24, 2.45) is 18.9 Å². The summed E-state index contributed by atoms with van der Waals surface area (Å²) in [6, 6.07) is 3.92. The van der Waals surface area contributed by atoms with Gasteiger partial charge >= 0.3 is 0 Å². The summed E-state index contributed by atoms with van der Waals surface area (Å²) in [5.74, 6) is -0.267. The van der Waals surface area contributed by atoms with Crippen molar-refractivity contribution in [2.45, 2.75) is 12.5 Å². The number of fused-ring (bicyclic) bond motifs is 2. The average molecular weight is 450 g/mol. The number of aryl methyl sites for hydroxylation is 1. The number of rotatable bonds is 4. The lowest BCUT2D eigenvalue weighted by molar-refractivity contribution is 0.363. The van der Waals surface area contributed by atoms with E-state index in [1.165, 1.54) is 35.4 Å². The Bertz CT molecular complexity index is 1480. The van der Waals surface area contributed by atoms with Crippen LogP contribution in [0.3, 0.4) is 0 Å². The zero-order valence-corrected chi connectivity index (χ0v) is 17.3. The standard InChI is InChI=1S/C21H16F2N8O2/c1-29-8-25-20-18(29)21(32)31(9-26-20)7-16-27-19(28-33-16)17-12-5-30(6-13(12)17)10-2-14(22)11(4-24)15(23)3-10/h2-3,8-9,12-13,17H,5-7H2,1H3. The highest BCUT2D eigenvalue weighted by atomic mass is 19.1. The summed E-state index contributed by atoms with van der Waals surface area (Å²) < 4.78 is 36.3. The molecule has 2 unspecified atom stereocenters. The van der Waals surface area contributed by atoms with Crippen LogP contribution in [0.15, 0.2) is 34.1 Å². The Morgan fingerprint density at radius 3 is 2.58 bits per heavy atom. The van der Waals surface area contributed by atoms with Crippen molar-refractivity contribution in [1.82, 2.24) is 29.2 Å². The minimum atomic E-state index is -0.860. The van der Waals surface area contributed by atoms with E-state index in [4.69, 9.17) is 9.78 Å². The molecule has 0 spiro atoms. The van der Waals surface area contributed by atoms with E-state index in [-0.39, 0.29) is 29.9 Å². The van der Waals surface area contributed by atoms with Gasteiger partial charge in [-0.3, -0.25) is 9.36 Å². The molecular weight excluding hydrogens is 434 g/mol. The fourth-order valence-electron chi connectivity index (χ4n) is 4.77. The second-order valence-corrected chi connectivity index (χ2v) is 8.41. The van der Waals surface area contributed by atoms with Gasteiger partial charge in [0.05, 0.1) is 6.33 Å². The SMILES string of the molecule is Cn1cnc2ncn(Cc3nc(C4C5CN(c6cc(F)c(C#N)c(F)c6)CC54)no3)c(=O)c21. The number of aromatic nitrogens is 6. The second kappa shape index (κ2) is 6.93. The number of anilines is 1. The van der Waals surface area contributed by atoms with E-state index in [0.717, 1.165) is 0 Å². The smallest absolute Gasteiger partial charge is 0.280 e. The van der Waals surface area contributed by atoms with Gasteiger partial charge in [0.15, 0.2) is 17.0 Å². The van der Waals surface area contributed by atoms with Crippen LogP contribution < -0.4 is 10.5 Å². The van der Waals surface area contributed by atoms with Crippen LogP contribution >= 0.6 is 0 Å². The maximum atomic E-state index is 14.0. The highest BCUT2D eigenvalue weighted by molar-refractivity contribution is 5.68. The lowest BCUT2D eigenvalue weighted by atomic mass is 10.1. The molecule has 4 aromatic rings. The van der Waals surface area contributed by atoms with Crippen LogP contribution in [0.2, 0.25) is 0 Å². The number of hydrogen-bond acceptors (Lipinski definition) is 8. The molecule has 33 heavy (non-hydrogen) atoms. The zero-order chi connectivity index (χ0) is 22.9. The van der Waals surface area contributed by atoms with Crippen LogP contribution in [0, 0.1) is 34.8 Å². The van der Waals surface area contributed by atoms with Crippen molar-refractivity contribution in [3.63, 3.8) is 0 Å². The first kappa shape index (κ1) is 19.5. The third-order valence-electron chi connectivity index (χ3n) is 6.49. The molecule has 1 aliphatic heterocycles. The summed E-state index contributed by atoms with van der Waals surface area (Å²) in [4.78, 5) is 27.3. The Morgan fingerprint density at radius 1 is 1.18 bits per heavy atom. The minimum absolute atomic E-state index is 0.0952. The first-order chi connectivity index (χ1) is 15.9. The molecular formula is C21H16F2N8O2. The predicted molar refractivity (Wildman–Crippen MR) is 109 cm³/mol. The lowest BCUT2D eigenvalue weighted by Gasteiger charge is -2.21. The zero-order valence-electron chi connectivity index (χ0n) is 17.3. The molecule has 0 bridgehead atoms. The number of nitriles is 1. The van der Waals surface area contributed by atoms with Crippen molar-refractivity contribution in [3.8, 4) is 6.07 Å².